The normalized spacial score (nSPS) is 10.2. The van der Waals surface area contributed by atoms with Gasteiger partial charge in [0.05, 0.1) is 35.6 Å². The molecule has 0 fully saturated rings. The van der Waals surface area contributed by atoms with Crippen LogP contribution in [0.15, 0.2) is 41.0 Å². The lowest BCUT2D eigenvalue weighted by Crippen LogP contribution is -2.39. The quantitative estimate of drug-likeness (QED) is 0.555. The molecule has 0 aliphatic heterocycles. The Hall–Kier alpha value is -3.00. The average molecular weight is 380 g/mol. The minimum absolute atomic E-state index is 0.176. The maximum atomic E-state index is 12.0. The number of nitrogen functional groups attached to an aromatic ring is 1. The lowest BCUT2D eigenvalue weighted by atomic mass is 10.2. The molecular formula is C17H18ClN3O5. The summed E-state index contributed by atoms with van der Waals surface area (Å²) in [5.74, 6) is -0.997. The number of anilines is 1. The molecule has 138 valence electrons. The molecule has 0 atom stereocenters. The number of furan rings is 1. The van der Waals surface area contributed by atoms with Crippen LogP contribution in [0.3, 0.4) is 0 Å². The molecule has 0 unspecified atom stereocenters. The lowest BCUT2D eigenvalue weighted by molar-refractivity contribution is -0.137. The van der Waals surface area contributed by atoms with Gasteiger partial charge < -0.3 is 25.1 Å². The highest BCUT2D eigenvalue weighted by atomic mass is 35.5. The molecular weight excluding hydrogens is 362 g/mol. The SMILES string of the molecule is CN(CC(=O)NCc1ccco1)C(=O)COC(=O)c1ccc(Cl)c(N)c1. The van der Waals surface area contributed by atoms with Gasteiger partial charge in [-0.05, 0) is 30.3 Å². The van der Waals surface area contributed by atoms with Crippen molar-refractivity contribution >= 4 is 35.1 Å². The molecule has 1 aromatic carbocycles. The molecule has 0 saturated carbocycles. The van der Waals surface area contributed by atoms with Gasteiger partial charge in [0.1, 0.15) is 5.76 Å². The molecule has 0 aliphatic rings. The molecule has 0 aliphatic carbocycles. The van der Waals surface area contributed by atoms with Gasteiger partial charge in [0.15, 0.2) is 6.61 Å². The van der Waals surface area contributed by atoms with E-state index in [2.05, 4.69) is 5.32 Å². The second kappa shape index (κ2) is 8.91. The summed E-state index contributed by atoms with van der Waals surface area (Å²) in [7, 11) is 1.43. The summed E-state index contributed by atoms with van der Waals surface area (Å²) >= 11 is 5.78. The predicted molar refractivity (Wildman–Crippen MR) is 94.3 cm³/mol. The number of benzene rings is 1. The van der Waals surface area contributed by atoms with Crippen molar-refractivity contribution in [1.29, 1.82) is 0 Å². The number of ether oxygens (including phenoxy) is 1. The number of carbonyl (C=O) groups is 3. The fraction of sp³-hybridized carbons (Fsp3) is 0.235. The van der Waals surface area contributed by atoms with E-state index in [1.807, 2.05) is 0 Å². The van der Waals surface area contributed by atoms with Crippen LogP contribution in [0.25, 0.3) is 0 Å². The van der Waals surface area contributed by atoms with Crippen LogP contribution in [-0.2, 0) is 20.9 Å². The summed E-state index contributed by atoms with van der Waals surface area (Å²) in [5, 5.41) is 2.93. The first-order valence-corrected chi connectivity index (χ1v) is 8.00. The second-order valence-electron chi connectivity index (χ2n) is 5.42. The van der Waals surface area contributed by atoms with Crippen LogP contribution in [0, 0.1) is 0 Å². The number of hydrogen-bond donors (Lipinski definition) is 2. The summed E-state index contributed by atoms with van der Waals surface area (Å²) in [4.78, 5) is 36.8. The Balaban J connectivity index is 1.76. The van der Waals surface area contributed by atoms with Crippen molar-refractivity contribution in [3.05, 3.63) is 52.9 Å². The second-order valence-corrected chi connectivity index (χ2v) is 5.83. The van der Waals surface area contributed by atoms with Crippen molar-refractivity contribution in [2.75, 3.05) is 25.9 Å². The van der Waals surface area contributed by atoms with Crippen LogP contribution in [0.5, 0.6) is 0 Å². The Labute approximate surface area is 154 Å². The number of esters is 1. The van der Waals surface area contributed by atoms with Crippen LogP contribution in [0.2, 0.25) is 5.02 Å². The van der Waals surface area contributed by atoms with E-state index in [0.29, 0.717) is 10.8 Å². The van der Waals surface area contributed by atoms with E-state index in [-0.39, 0.29) is 30.2 Å². The Morgan fingerprint density at radius 1 is 1.31 bits per heavy atom. The topological polar surface area (TPSA) is 115 Å². The summed E-state index contributed by atoms with van der Waals surface area (Å²) in [6.45, 7) is -0.449. The zero-order valence-corrected chi connectivity index (χ0v) is 14.8. The molecule has 2 rings (SSSR count). The number of likely N-dealkylation sites (N-methyl/N-ethyl adjacent to an activating group) is 1. The number of nitrogens with zero attached hydrogens (tertiary/aromatic N) is 1. The van der Waals surface area contributed by atoms with Crippen molar-refractivity contribution < 1.29 is 23.5 Å². The van der Waals surface area contributed by atoms with E-state index >= 15 is 0 Å². The summed E-state index contributed by atoms with van der Waals surface area (Å²) < 4.78 is 10.0. The number of nitrogens with two attached hydrogens (primary N) is 1. The summed E-state index contributed by atoms with van der Waals surface area (Å²) in [6, 6.07) is 7.70. The Morgan fingerprint density at radius 2 is 2.08 bits per heavy atom. The standard InChI is InChI=1S/C17H18ClN3O5/c1-21(9-15(22)20-8-12-3-2-6-25-12)16(23)10-26-17(24)11-4-5-13(18)14(19)7-11/h2-7H,8-10,19H2,1H3,(H,20,22). The molecule has 0 spiro atoms. The molecule has 1 heterocycles. The highest BCUT2D eigenvalue weighted by Crippen LogP contribution is 2.19. The molecule has 2 amide bonds. The van der Waals surface area contributed by atoms with Crippen molar-refractivity contribution in [3.63, 3.8) is 0 Å². The molecule has 26 heavy (non-hydrogen) atoms. The van der Waals surface area contributed by atoms with E-state index in [9.17, 15) is 14.4 Å². The van der Waals surface area contributed by atoms with Crippen LogP contribution in [0.4, 0.5) is 5.69 Å². The van der Waals surface area contributed by atoms with Gasteiger partial charge in [-0.2, -0.15) is 0 Å². The Morgan fingerprint density at radius 3 is 2.73 bits per heavy atom. The first-order chi connectivity index (χ1) is 12.4. The van der Waals surface area contributed by atoms with E-state index < -0.39 is 18.5 Å². The van der Waals surface area contributed by atoms with Gasteiger partial charge in [-0.15, -0.1) is 0 Å². The maximum Gasteiger partial charge on any atom is 0.338 e. The minimum atomic E-state index is -0.711. The average Bonchev–Trinajstić information content (AvgIpc) is 3.13. The van der Waals surface area contributed by atoms with Crippen LogP contribution < -0.4 is 11.1 Å². The van der Waals surface area contributed by atoms with Crippen molar-refractivity contribution in [3.8, 4) is 0 Å². The largest absolute Gasteiger partial charge is 0.467 e. The molecule has 0 radical (unpaired) electrons. The first kappa shape index (κ1) is 19.3. The van der Waals surface area contributed by atoms with Gasteiger partial charge in [0.25, 0.3) is 5.91 Å². The fourth-order valence-corrected chi connectivity index (χ4v) is 2.07. The van der Waals surface area contributed by atoms with Crippen LogP contribution in [-0.4, -0.2) is 42.9 Å². The zero-order valence-electron chi connectivity index (χ0n) is 14.0. The smallest absolute Gasteiger partial charge is 0.338 e. The van der Waals surface area contributed by atoms with Crippen LogP contribution in [0.1, 0.15) is 16.1 Å². The van der Waals surface area contributed by atoms with Crippen LogP contribution >= 0.6 is 11.6 Å². The van der Waals surface area contributed by atoms with Gasteiger partial charge in [0, 0.05) is 7.05 Å². The fourth-order valence-electron chi connectivity index (χ4n) is 1.95. The number of rotatable bonds is 7. The molecule has 9 heteroatoms. The summed E-state index contributed by atoms with van der Waals surface area (Å²) in [6.07, 6.45) is 1.50. The molecule has 8 nitrogen and oxygen atoms in total. The molecule has 0 saturated heterocycles. The molecule has 0 bridgehead atoms. The zero-order chi connectivity index (χ0) is 19.1. The van der Waals surface area contributed by atoms with E-state index in [4.69, 9.17) is 26.5 Å². The van der Waals surface area contributed by atoms with E-state index in [1.165, 1.54) is 31.5 Å². The number of amides is 2. The summed E-state index contributed by atoms with van der Waals surface area (Å²) in [5.41, 5.74) is 6.03. The number of hydrogen-bond acceptors (Lipinski definition) is 6. The van der Waals surface area contributed by atoms with Crippen molar-refractivity contribution in [2.24, 2.45) is 0 Å². The third-order valence-electron chi connectivity index (χ3n) is 3.40. The van der Waals surface area contributed by atoms with E-state index in [1.54, 1.807) is 12.1 Å². The molecule has 3 N–H and O–H groups in total. The number of nitrogens with one attached hydrogen (secondary N) is 1. The van der Waals surface area contributed by atoms with E-state index in [0.717, 1.165) is 4.90 Å². The Kier molecular flexibility index (Phi) is 6.62. The third kappa shape index (κ3) is 5.52. The van der Waals surface area contributed by atoms with Crippen molar-refractivity contribution in [2.45, 2.75) is 6.54 Å². The van der Waals surface area contributed by atoms with Gasteiger partial charge in [-0.3, -0.25) is 9.59 Å². The third-order valence-corrected chi connectivity index (χ3v) is 3.75. The number of halogens is 1. The van der Waals surface area contributed by atoms with Crippen molar-refractivity contribution in [1.82, 2.24) is 10.2 Å². The monoisotopic (exact) mass is 379 g/mol. The first-order valence-electron chi connectivity index (χ1n) is 7.62. The molecule has 2 aromatic rings. The Bertz CT molecular complexity index is 792. The highest BCUT2D eigenvalue weighted by Gasteiger charge is 2.16. The lowest BCUT2D eigenvalue weighted by Gasteiger charge is -2.16. The molecule has 1 aromatic heterocycles. The van der Waals surface area contributed by atoms with Gasteiger partial charge >= 0.3 is 5.97 Å². The van der Waals surface area contributed by atoms with Gasteiger partial charge in [0.2, 0.25) is 5.91 Å². The minimum Gasteiger partial charge on any atom is -0.467 e. The number of carbonyl (C=O) groups excluding carboxylic acids is 3. The maximum absolute atomic E-state index is 12.0. The predicted octanol–water partition coefficient (Wildman–Crippen LogP) is 1.45. The highest BCUT2D eigenvalue weighted by molar-refractivity contribution is 6.33. The van der Waals surface area contributed by atoms with Gasteiger partial charge in [-0.25, -0.2) is 4.79 Å². The van der Waals surface area contributed by atoms with Gasteiger partial charge in [-0.1, -0.05) is 11.6 Å².